The molecule has 1 unspecified atom stereocenters. The van der Waals surface area contributed by atoms with Gasteiger partial charge in [0.25, 0.3) is 0 Å². The molecule has 2 aliphatic carbocycles. The second-order valence-electron chi connectivity index (χ2n) is 8.81. The Kier molecular flexibility index (Phi) is 4.53. The fourth-order valence-corrected chi connectivity index (χ4v) is 5.48. The highest BCUT2D eigenvalue weighted by molar-refractivity contribution is 5.84. The maximum Gasteiger partial charge on any atom is 0.411 e. The number of halogens is 2. The number of aliphatic carboxylic acids is 1. The van der Waals surface area contributed by atoms with E-state index in [0.29, 0.717) is 0 Å². The molecule has 1 saturated heterocycles. The van der Waals surface area contributed by atoms with Crippen molar-refractivity contribution in [1.82, 2.24) is 4.90 Å². The molecule has 0 radical (unpaired) electrons. The van der Waals surface area contributed by atoms with Crippen LogP contribution in [0.2, 0.25) is 0 Å². The van der Waals surface area contributed by atoms with Crippen molar-refractivity contribution in [2.45, 2.75) is 55.5 Å². The Morgan fingerprint density at radius 3 is 2.06 bits per heavy atom. The molecule has 0 aromatic heterocycles. The number of likely N-dealkylation sites (tertiary alicyclic amines) is 1. The Morgan fingerprint density at radius 2 is 1.52 bits per heavy atom. The third-order valence-electron chi connectivity index (χ3n) is 7.13. The summed E-state index contributed by atoms with van der Waals surface area (Å²) in [4.78, 5) is 25.9. The molecule has 1 saturated carbocycles. The van der Waals surface area contributed by atoms with Gasteiger partial charge in [-0.1, -0.05) is 48.5 Å². The number of carboxylic acid groups (broad SMARTS) is 1. The first-order chi connectivity index (χ1) is 14.8. The number of carbonyl (C=O) groups is 2. The number of benzene rings is 2. The fraction of sp³-hybridized carbons (Fsp3) is 0.417. The number of rotatable bonds is 3. The van der Waals surface area contributed by atoms with Crippen molar-refractivity contribution < 1.29 is 28.2 Å². The molecule has 3 aliphatic rings. The van der Waals surface area contributed by atoms with Gasteiger partial charge in [0, 0.05) is 25.2 Å². The van der Waals surface area contributed by atoms with Gasteiger partial charge in [0.15, 0.2) is 0 Å². The lowest BCUT2D eigenvalue weighted by Gasteiger charge is -2.58. The van der Waals surface area contributed by atoms with E-state index >= 15 is 0 Å². The first kappa shape index (κ1) is 20.0. The van der Waals surface area contributed by atoms with Crippen LogP contribution in [-0.2, 0) is 9.53 Å². The smallest absolute Gasteiger partial charge is 0.411 e. The van der Waals surface area contributed by atoms with Crippen molar-refractivity contribution in [1.29, 1.82) is 0 Å². The van der Waals surface area contributed by atoms with Crippen LogP contribution in [0.3, 0.4) is 0 Å². The van der Waals surface area contributed by atoms with Gasteiger partial charge >= 0.3 is 12.1 Å². The summed E-state index contributed by atoms with van der Waals surface area (Å²) in [5.41, 5.74) is 3.46. The molecule has 1 N–H and O–H groups in total. The van der Waals surface area contributed by atoms with Gasteiger partial charge < -0.3 is 9.84 Å². The number of alkyl halides is 2. The monoisotopic (exact) mass is 427 g/mol. The topological polar surface area (TPSA) is 66.8 Å². The molecule has 1 amide bonds. The normalized spacial score (nSPS) is 23.0. The molecule has 1 atom stereocenters. The number of hydrogen-bond donors (Lipinski definition) is 1. The van der Waals surface area contributed by atoms with E-state index < -0.39 is 29.6 Å². The number of ether oxygens (including phenoxy) is 1. The molecule has 5 nitrogen and oxygen atoms in total. The second kappa shape index (κ2) is 7.04. The van der Waals surface area contributed by atoms with E-state index in [-0.39, 0.29) is 44.6 Å². The van der Waals surface area contributed by atoms with Crippen molar-refractivity contribution in [3.63, 3.8) is 0 Å². The van der Waals surface area contributed by atoms with Crippen molar-refractivity contribution in [2.24, 2.45) is 0 Å². The van der Waals surface area contributed by atoms with Crippen molar-refractivity contribution in [3.05, 3.63) is 59.7 Å². The molecule has 2 fully saturated rings. The van der Waals surface area contributed by atoms with E-state index in [1.807, 2.05) is 48.5 Å². The van der Waals surface area contributed by atoms with E-state index in [0.717, 1.165) is 22.3 Å². The molecule has 1 spiro atoms. The summed E-state index contributed by atoms with van der Waals surface area (Å²) < 4.78 is 33.0. The summed E-state index contributed by atoms with van der Waals surface area (Å²) in [6, 6.07) is 14.8. The Hall–Kier alpha value is -2.96. The molecular formula is C24H23F2NO4. The van der Waals surface area contributed by atoms with Crippen molar-refractivity contribution in [2.75, 3.05) is 6.61 Å². The number of carboxylic acids is 1. The molecule has 1 aliphatic heterocycles. The molecule has 5 rings (SSSR count). The third kappa shape index (κ3) is 3.18. The largest absolute Gasteiger partial charge is 0.480 e. The maximum atomic E-state index is 13.7. The lowest BCUT2D eigenvalue weighted by atomic mass is 9.68. The minimum atomic E-state index is -2.76. The first-order valence-corrected chi connectivity index (χ1v) is 10.6. The standard InChI is InChI=1S/C24H23F2NO4/c25-24(26)11-9-23(10-12-24)13-20(21(28)29)27(23)22(30)31-14-19-17-7-3-1-5-15(17)16-6-2-4-8-18(16)19/h1-8,19-20H,9-14H2,(H,28,29). The average molecular weight is 427 g/mol. The van der Waals surface area contributed by atoms with Gasteiger partial charge in [0.05, 0.1) is 5.54 Å². The maximum absolute atomic E-state index is 13.7. The fourth-order valence-electron chi connectivity index (χ4n) is 5.48. The quantitative estimate of drug-likeness (QED) is 0.745. The summed E-state index contributed by atoms with van der Waals surface area (Å²) in [6.07, 6.45) is -1.03. The summed E-state index contributed by atoms with van der Waals surface area (Å²) in [6.45, 7) is 0.0714. The van der Waals surface area contributed by atoms with Crippen LogP contribution in [0.1, 0.15) is 49.1 Å². The van der Waals surface area contributed by atoms with Gasteiger partial charge in [-0.2, -0.15) is 0 Å². The van der Waals surface area contributed by atoms with Crippen molar-refractivity contribution >= 4 is 12.1 Å². The Labute approximate surface area is 178 Å². The Bertz CT molecular complexity index is 998. The zero-order chi connectivity index (χ0) is 21.8. The highest BCUT2D eigenvalue weighted by Gasteiger charge is 2.60. The van der Waals surface area contributed by atoms with Crippen LogP contribution in [-0.4, -0.2) is 46.2 Å². The predicted octanol–water partition coefficient (Wildman–Crippen LogP) is 5.04. The molecule has 2 aromatic rings. The van der Waals surface area contributed by atoms with Gasteiger partial charge in [-0.15, -0.1) is 0 Å². The van der Waals surface area contributed by atoms with Crippen LogP contribution in [0.25, 0.3) is 11.1 Å². The van der Waals surface area contributed by atoms with Crippen LogP contribution < -0.4 is 0 Å². The van der Waals surface area contributed by atoms with Crippen LogP contribution in [0.4, 0.5) is 13.6 Å². The Balaban J connectivity index is 1.35. The summed E-state index contributed by atoms with van der Waals surface area (Å²) in [5, 5.41) is 9.51. The highest BCUT2D eigenvalue weighted by atomic mass is 19.3. The van der Waals surface area contributed by atoms with Crippen LogP contribution in [0, 0.1) is 0 Å². The summed E-state index contributed by atoms with van der Waals surface area (Å²) >= 11 is 0. The molecular weight excluding hydrogens is 404 g/mol. The molecule has 1 heterocycles. The summed E-state index contributed by atoms with van der Waals surface area (Å²) in [5.74, 6) is -4.03. The van der Waals surface area contributed by atoms with Gasteiger partial charge in [0.2, 0.25) is 5.92 Å². The lowest BCUT2D eigenvalue weighted by Crippen LogP contribution is -2.71. The molecule has 0 bridgehead atoms. The van der Waals surface area contributed by atoms with Crippen LogP contribution >= 0.6 is 0 Å². The minimum absolute atomic E-state index is 0.0714. The van der Waals surface area contributed by atoms with E-state index in [2.05, 4.69) is 0 Å². The van der Waals surface area contributed by atoms with Gasteiger partial charge in [-0.3, -0.25) is 4.90 Å². The zero-order valence-corrected chi connectivity index (χ0v) is 16.9. The average Bonchev–Trinajstić information content (AvgIpc) is 3.05. The van der Waals surface area contributed by atoms with Gasteiger partial charge in [0.1, 0.15) is 12.6 Å². The van der Waals surface area contributed by atoms with E-state index in [4.69, 9.17) is 4.74 Å². The number of fused-ring (bicyclic) bond motifs is 3. The highest BCUT2D eigenvalue weighted by Crippen LogP contribution is 2.51. The molecule has 162 valence electrons. The van der Waals surface area contributed by atoms with E-state index in [9.17, 15) is 23.5 Å². The molecule has 31 heavy (non-hydrogen) atoms. The predicted molar refractivity (Wildman–Crippen MR) is 109 cm³/mol. The van der Waals surface area contributed by atoms with E-state index in [1.165, 1.54) is 4.90 Å². The van der Waals surface area contributed by atoms with Crippen LogP contribution in [0.15, 0.2) is 48.5 Å². The second-order valence-corrected chi connectivity index (χ2v) is 8.81. The van der Waals surface area contributed by atoms with E-state index in [1.54, 1.807) is 0 Å². The zero-order valence-electron chi connectivity index (χ0n) is 16.9. The number of carbonyl (C=O) groups excluding carboxylic acids is 1. The lowest BCUT2D eigenvalue weighted by molar-refractivity contribution is -0.169. The van der Waals surface area contributed by atoms with Gasteiger partial charge in [-0.05, 0) is 35.1 Å². The number of amides is 1. The SMILES string of the molecule is O=C(O)C1CC2(CCC(F)(F)CC2)N1C(=O)OCC1c2ccccc2-c2ccccc21. The summed E-state index contributed by atoms with van der Waals surface area (Å²) in [7, 11) is 0. The Morgan fingerprint density at radius 1 is 0.968 bits per heavy atom. The van der Waals surface area contributed by atoms with Crippen molar-refractivity contribution in [3.8, 4) is 11.1 Å². The first-order valence-electron chi connectivity index (χ1n) is 10.6. The number of nitrogens with zero attached hydrogens (tertiary/aromatic N) is 1. The molecule has 2 aromatic carbocycles. The third-order valence-corrected chi connectivity index (χ3v) is 7.13. The number of hydrogen-bond acceptors (Lipinski definition) is 3. The molecule has 7 heteroatoms. The van der Waals surface area contributed by atoms with Gasteiger partial charge in [-0.25, -0.2) is 18.4 Å². The van der Waals surface area contributed by atoms with Crippen LogP contribution in [0.5, 0.6) is 0 Å². The minimum Gasteiger partial charge on any atom is -0.480 e.